The van der Waals surface area contributed by atoms with Crippen LogP contribution in [0.25, 0.3) is 0 Å². The van der Waals surface area contributed by atoms with Crippen molar-refractivity contribution in [1.82, 2.24) is 0 Å². The molecule has 94 valence electrons. The molecule has 2 aromatic rings. The molecule has 0 aliphatic rings. The Bertz CT molecular complexity index is 522. The van der Waals surface area contributed by atoms with Gasteiger partial charge in [0.2, 0.25) is 0 Å². The molecule has 0 fully saturated rings. The first-order chi connectivity index (χ1) is 8.72. The average molecular weight is 304 g/mol. The molecule has 0 saturated carbocycles. The third-order valence-corrected chi connectivity index (χ3v) is 3.81. The van der Waals surface area contributed by atoms with Crippen LogP contribution < -0.4 is 5.73 Å². The first-order valence-electron chi connectivity index (χ1n) is 6.31. The molecule has 1 unspecified atom stereocenters. The molecule has 0 amide bonds. The highest BCUT2D eigenvalue weighted by Gasteiger charge is 2.11. The predicted molar refractivity (Wildman–Crippen MR) is 80.6 cm³/mol. The summed E-state index contributed by atoms with van der Waals surface area (Å²) in [6.45, 7) is 2.19. The summed E-state index contributed by atoms with van der Waals surface area (Å²) in [6, 6.07) is 16.6. The van der Waals surface area contributed by atoms with Gasteiger partial charge in [0.25, 0.3) is 0 Å². The fourth-order valence-corrected chi connectivity index (χ4v) is 2.67. The molecule has 1 nitrogen and oxygen atoms in total. The van der Waals surface area contributed by atoms with Crippen LogP contribution in [0, 0.1) is 0 Å². The third-order valence-electron chi connectivity index (χ3n) is 3.09. The Balaban J connectivity index is 2.31. The molecule has 2 N–H and O–H groups in total. The summed E-state index contributed by atoms with van der Waals surface area (Å²) in [7, 11) is 0. The van der Waals surface area contributed by atoms with Gasteiger partial charge in [-0.05, 0) is 29.2 Å². The molecule has 0 bridgehead atoms. The van der Waals surface area contributed by atoms with Gasteiger partial charge in [-0.2, -0.15) is 0 Å². The van der Waals surface area contributed by atoms with Gasteiger partial charge in [-0.3, -0.25) is 0 Å². The quantitative estimate of drug-likeness (QED) is 0.887. The second-order valence-electron chi connectivity index (χ2n) is 4.49. The van der Waals surface area contributed by atoms with Crippen LogP contribution >= 0.6 is 15.9 Å². The summed E-state index contributed by atoms with van der Waals surface area (Å²) in [4.78, 5) is 0. The molecule has 2 aromatic carbocycles. The van der Waals surface area contributed by atoms with Gasteiger partial charge < -0.3 is 5.73 Å². The highest BCUT2D eigenvalue weighted by atomic mass is 79.9. The fourth-order valence-electron chi connectivity index (χ4n) is 2.14. The Morgan fingerprint density at radius 1 is 1.11 bits per heavy atom. The molecule has 0 radical (unpaired) electrons. The van der Waals surface area contributed by atoms with Crippen LogP contribution in [0.5, 0.6) is 0 Å². The van der Waals surface area contributed by atoms with Gasteiger partial charge in [0.15, 0.2) is 0 Å². The summed E-state index contributed by atoms with van der Waals surface area (Å²) in [6.07, 6.45) is 2.27. The van der Waals surface area contributed by atoms with Crippen LogP contribution in [-0.2, 0) is 6.42 Å². The predicted octanol–water partition coefficient (Wildman–Crippen LogP) is 4.45. The highest BCUT2D eigenvalue weighted by molar-refractivity contribution is 9.10. The summed E-state index contributed by atoms with van der Waals surface area (Å²) >= 11 is 3.56. The van der Waals surface area contributed by atoms with E-state index < -0.39 is 0 Å². The summed E-state index contributed by atoms with van der Waals surface area (Å²) in [5.74, 6) is 0. The van der Waals surface area contributed by atoms with Crippen molar-refractivity contribution in [3.8, 4) is 0 Å². The minimum Gasteiger partial charge on any atom is -0.320 e. The lowest BCUT2D eigenvalue weighted by atomic mass is 9.97. The topological polar surface area (TPSA) is 26.0 Å². The molecule has 0 heterocycles. The third kappa shape index (κ3) is 3.01. The van der Waals surface area contributed by atoms with Gasteiger partial charge in [0.1, 0.15) is 0 Å². The zero-order chi connectivity index (χ0) is 13.0. The van der Waals surface area contributed by atoms with Gasteiger partial charge in [-0.15, -0.1) is 0 Å². The van der Waals surface area contributed by atoms with Crippen LogP contribution in [0.15, 0.2) is 53.0 Å². The molecular formula is C16H18BrN. The molecule has 0 spiro atoms. The average Bonchev–Trinajstić information content (AvgIpc) is 2.39. The number of rotatable bonds is 4. The van der Waals surface area contributed by atoms with Crippen molar-refractivity contribution in [2.24, 2.45) is 5.73 Å². The minimum absolute atomic E-state index is 0.0719. The normalized spacial score (nSPS) is 12.4. The second-order valence-corrected chi connectivity index (χ2v) is 5.35. The van der Waals surface area contributed by atoms with Crippen LogP contribution in [0.3, 0.4) is 0 Å². The number of hydrogen-bond donors (Lipinski definition) is 1. The number of halogens is 1. The first kappa shape index (κ1) is 13.3. The summed E-state index contributed by atoms with van der Waals surface area (Å²) in [5.41, 5.74) is 10.0. The van der Waals surface area contributed by atoms with Crippen LogP contribution in [0.4, 0.5) is 0 Å². The first-order valence-corrected chi connectivity index (χ1v) is 7.10. The Morgan fingerprint density at radius 2 is 1.89 bits per heavy atom. The van der Waals surface area contributed by atoms with Crippen molar-refractivity contribution in [3.63, 3.8) is 0 Å². The molecule has 0 aromatic heterocycles. The standard InChI is InChI=1S/C16H18BrN/c1-2-6-12-7-5-8-13(11-12)16(18)14-9-3-4-10-15(14)17/h3-5,7-11,16H,2,6,18H2,1H3. The van der Waals surface area contributed by atoms with Gasteiger partial charge >= 0.3 is 0 Å². The fraction of sp³-hybridized carbons (Fsp3) is 0.250. The van der Waals surface area contributed by atoms with Crippen LogP contribution in [-0.4, -0.2) is 0 Å². The van der Waals surface area contributed by atoms with Crippen molar-refractivity contribution in [2.45, 2.75) is 25.8 Å². The van der Waals surface area contributed by atoms with Crippen molar-refractivity contribution < 1.29 is 0 Å². The van der Waals surface area contributed by atoms with E-state index in [1.807, 2.05) is 18.2 Å². The molecule has 1 atom stereocenters. The highest BCUT2D eigenvalue weighted by Crippen LogP contribution is 2.27. The van der Waals surface area contributed by atoms with E-state index in [0.29, 0.717) is 0 Å². The Morgan fingerprint density at radius 3 is 2.61 bits per heavy atom. The molecule has 0 saturated heterocycles. The number of hydrogen-bond acceptors (Lipinski definition) is 1. The van der Waals surface area contributed by atoms with Crippen LogP contribution in [0.1, 0.15) is 36.1 Å². The monoisotopic (exact) mass is 303 g/mol. The maximum absolute atomic E-state index is 6.35. The van der Waals surface area contributed by atoms with Crippen molar-refractivity contribution in [3.05, 3.63) is 69.7 Å². The maximum Gasteiger partial charge on any atom is 0.0562 e. The van der Waals surface area contributed by atoms with E-state index in [-0.39, 0.29) is 6.04 Å². The number of benzene rings is 2. The van der Waals surface area contributed by atoms with Gasteiger partial charge in [-0.25, -0.2) is 0 Å². The second kappa shape index (κ2) is 6.17. The van der Waals surface area contributed by atoms with E-state index in [4.69, 9.17) is 5.73 Å². The Hall–Kier alpha value is -1.12. The van der Waals surface area contributed by atoms with Crippen molar-refractivity contribution in [2.75, 3.05) is 0 Å². The summed E-state index contributed by atoms with van der Waals surface area (Å²) in [5, 5.41) is 0. The SMILES string of the molecule is CCCc1cccc(C(N)c2ccccc2Br)c1. The number of nitrogens with two attached hydrogens (primary N) is 1. The largest absolute Gasteiger partial charge is 0.320 e. The van der Waals surface area contributed by atoms with E-state index >= 15 is 0 Å². The molecule has 2 rings (SSSR count). The zero-order valence-corrected chi connectivity index (χ0v) is 12.2. The molecule has 0 aliphatic carbocycles. The van der Waals surface area contributed by atoms with Crippen LogP contribution in [0.2, 0.25) is 0 Å². The van der Waals surface area contributed by atoms with E-state index in [0.717, 1.165) is 22.9 Å². The summed E-state index contributed by atoms with van der Waals surface area (Å²) < 4.78 is 1.07. The van der Waals surface area contributed by atoms with E-state index in [9.17, 15) is 0 Å². The lowest BCUT2D eigenvalue weighted by molar-refractivity contribution is 0.854. The van der Waals surface area contributed by atoms with Crippen molar-refractivity contribution in [1.29, 1.82) is 0 Å². The van der Waals surface area contributed by atoms with E-state index in [1.165, 1.54) is 11.1 Å². The van der Waals surface area contributed by atoms with E-state index in [1.54, 1.807) is 0 Å². The molecule has 2 heteroatoms. The zero-order valence-electron chi connectivity index (χ0n) is 10.6. The lowest BCUT2D eigenvalue weighted by Gasteiger charge is -2.15. The smallest absolute Gasteiger partial charge is 0.0562 e. The van der Waals surface area contributed by atoms with Gasteiger partial charge in [-0.1, -0.05) is 71.7 Å². The Labute approximate surface area is 117 Å². The van der Waals surface area contributed by atoms with Gasteiger partial charge in [0.05, 0.1) is 6.04 Å². The van der Waals surface area contributed by atoms with E-state index in [2.05, 4.69) is 53.2 Å². The lowest BCUT2D eigenvalue weighted by Crippen LogP contribution is -2.12. The molecular weight excluding hydrogens is 286 g/mol. The molecule has 18 heavy (non-hydrogen) atoms. The minimum atomic E-state index is -0.0719. The van der Waals surface area contributed by atoms with Gasteiger partial charge in [0, 0.05) is 4.47 Å². The Kier molecular flexibility index (Phi) is 4.56. The molecule has 0 aliphatic heterocycles. The van der Waals surface area contributed by atoms with Crippen molar-refractivity contribution >= 4 is 15.9 Å². The maximum atomic E-state index is 6.35. The number of aryl methyl sites for hydroxylation is 1.